The molecule has 0 aromatic rings. The number of nitrogens with zero attached hydrogens (tertiary/aromatic N) is 1. The van der Waals surface area contributed by atoms with Gasteiger partial charge in [-0.3, -0.25) is 4.79 Å². The van der Waals surface area contributed by atoms with Crippen LogP contribution in [0.3, 0.4) is 0 Å². The molecule has 1 aliphatic heterocycles. The average Bonchev–Trinajstić information content (AvgIpc) is 2.26. The first-order chi connectivity index (χ1) is 8.85. The van der Waals surface area contributed by atoms with Crippen LogP contribution in [0.15, 0.2) is 0 Å². The number of carboxylic acid groups (broad SMARTS) is 1. The Bertz CT molecular complexity index is 365. The van der Waals surface area contributed by atoms with Crippen molar-refractivity contribution in [2.24, 2.45) is 10.8 Å². The minimum absolute atomic E-state index is 0.108. The lowest BCUT2D eigenvalue weighted by atomic mass is 9.69. The third-order valence-corrected chi connectivity index (χ3v) is 4.75. The highest BCUT2D eigenvalue weighted by Gasteiger charge is 2.44. The number of hydrogen-bond donors (Lipinski definition) is 2. The highest BCUT2D eigenvalue weighted by molar-refractivity contribution is 5.79. The quantitative estimate of drug-likeness (QED) is 0.823. The Morgan fingerprint density at radius 1 is 1.16 bits per heavy atom. The zero-order chi connectivity index (χ0) is 14.1. The van der Waals surface area contributed by atoms with Crippen LogP contribution in [0.5, 0.6) is 0 Å². The minimum Gasteiger partial charge on any atom is -0.481 e. The van der Waals surface area contributed by atoms with Crippen LogP contribution in [0.1, 0.15) is 46.0 Å². The van der Waals surface area contributed by atoms with E-state index < -0.39 is 11.4 Å². The maximum absolute atomic E-state index is 12.0. The number of piperidine rings is 1. The maximum Gasteiger partial charge on any atom is 0.317 e. The second-order valence-electron chi connectivity index (χ2n) is 6.75. The van der Waals surface area contributed by atoms with Crippen LogP contribution < -0.4 is 5.32 Å². The second kappa shape index (κ2) is 5.02. The van der Waals surface area contributed by atoms with E-state index in [0.29, 0.717) is 18.3 Å². The number of carbonyl (C=O) groups is 2. The zero-order valence-electron chi connectivity index (χ0n) is 11.9. The molecule has 1 saturated carbocycles. The topological polar surface area (TPSA) is 69.6 Å². The van der Waals surface area contributed by atoms with E-state index >= 15 is 0 Å². The van der Waals surface area contributed by atoms with Gasteiger partial charge in [0.15, 0.2) is 0 Å². The Balaban J connectivity index is 1.80. The van der Waals surface area contributed by atoms with E-state index in [1.807, 2.05) is 0 Å². The summed E-state index contributed by atoms with van der Waals surface area (Å²) < 4.78 is 0. The van der Waals surface area contributed by atoms with Gasteiger partial charge in [-0.25, -0.2) is 4.79 Å². The molecule has 5 heteroatoms. The number of likely N-dealkylation sites (tertiary alicyclic amines) is 1. The van der Waals surface area contributed by atoms with E-state index in [1.165, 1.54) is 0 Å². The fourth-order valence-electron chi connectivity index (χ4n) is 2.74. The number of rotatable bonds is 3. The van der Waals surface area contributed by atoms with Gasteiger partial charge in [-0.15, -0.1) is 0 Å². The summed E-state index contributed by atoms with van der Waals surface area (Å²) >= 11 is 0. The molecule has 2 fully saturated rings. The molecule has 2 amide bonds. The van der Waals surface area contributed by atoms with Gasteiger partial charge >= 0.3 is 12.0 Å². The summed E-state index contributed by atoms with van der Waals surface area (Å²) in [6, 6.07) is -0.108. The maximum atomic E-state index is 12.0. The summed E-state index contributed by atoms with van der Waals surface area (Å²) in [7, 11) is 0. The molecule has 1 heterocycles. The smallest absolute Gasteiger partial charge is 0.317 e. The predicted octanol–water partition coefficient (Wildman–Crippen LogP) is 2.07. The molecule has 2 rings (SSSR count). The molecule has 0 spiro atoms. The van der Waals surface area contributed by atoms with Crippen molar-refractivity contribution in [3.63, 3.8) is 0 Å². The predicted molar refractivity (Wildman–Crippen MR) is 71.9 cm³/mol. The van der Waals surface area contributed by atoms with Crippen molar-refractivity contribution in [2.75, 3.05) is 19.6 Å². The lowest BCUT2D eigenvalue weighted by Crippen LogP contribution is -2.52. The van der Waals surface area contributed by atoms with Crippen LogP contribution in [0.4, 0.5) is 4.79 Å². The SMILES string of the molecule is CC1(C)CCN(C(=O)NCC2(C(=O)O)CCC2)CC1. The van der Waals surface area contributed by atoms with Gasteiger partial charge in [-0.1, -0.05) is 20.3 Å². The molecule has 2 N–H and O–H groups in total. The van der Waals surface area contributed by atoms with Crippen LogP contribution in [0.25, 0.3) is 0 Å². The minimum atomic E-state index is -0.779. The molecule has 2 aliphatic rings. The van der Waals surface area contributed by atoms with Gasteiger partial charge in [0.2, 0.25) is 0 Å². The highest BCUT2D eigenvalue weighted by Crippen LogP contribution is 2.40. The van der Waals surface area contributed by atoms with E-state index in [2.05, 4.69) is 19.2 Å². The molecule has 0 bridgehead atoms. The fraction of sp³-hybridized carbons (Fsp3) is 0.857. The number of carboxylic acids is 1. The van der Waals surface area contributed by atoms with Crippen molar-refractivity contribution in [3.8, 4) is 0 Å². The fourth-order valence-corrected chi connectivity index (χ4v) is 2.74. The number of nitrogens with one attached hydrogen (secondary N) is 1. The summed E-state index contributed by atoms with van der Waals surface area (Å²) in [4.78, 5) is 25.1. The summed E-state index contributed by atoms with van der Waals surface area (Å²) in [5, 5.41) is 12.0. The van der Waals surface area contributed by atoms with Crippen molar-refractivity contribution in [3.05, 3.63) is 0 Å². The Kier molecular flexibility index (Phi) is 3.74. The average molecular weight is 268 g/mol. The molecule has 1 saturated heterocycles. The number of hydrogen-bond acceptors (Lipinski definition) is 2. The van der Waals surface area contributed by atoms with Gasteiger partial charge in [0.25, 0.3) is 0 Å². The van der Waals surface area contributed by atoms with E-state index in [9.17, 15) is 14.7 Å². The summed E-state index contributed by atoms with van der Waals surface area (Å²) in [5.74, 6) is -0.779. The van der Waals surface area contributed by atoms with Crippen molar-refractivity contribution in [1.29, 1.82) is 0 Å². The molecule has 0 aromatic heterocycles. The number of carbonyl (C=O) groups excluding carboxylic acids is 1. The third kappa shape index (κ3) is 3.01. The molecule has 0 atom stereocenters. The normalized spacial score (nSPS) is 24.4. The second-order valence-corrected chi connectivity index (χ2v) is 6.75. The number of urea groups is 1. The van der Waals surface area contributed by atoms with Crippen LogP contribution in [0.2, 0.25) is 0 Å². The highest BCUT2D eigenvalue weighted by atomic mass is 16.4. The third-order valence-electron chi connectivity index (χ3n) is 4.75. The van der Waals surface area contributed by atoms with Crippen molar-refractivity contribution in [2.45, 2.75) is 46.0 Å². The molecular weight excluding hydrogens is 244 g/mol. The summed E-state index contributed by atoms with van der Waals surface area (Å²) in [6.45, 7) is 6.23. The molecule has 0 aromatic carbocycles. The van der Waals surface area contributed by atoms with Crippen LogP contribution in [-0.2, 0) is 4.79 Å². The van der Waals surface area contributed by atoms with Crippen LogP contribution in [0, 0.1) is 10.8 Å². The van der Waals surface area contributed by atoms with Gasteiger partial charge in [0.05, 0.1) is 5.41 Å². The molecule has 0 radical (unpaired) electrons. The molecular formula is C14H24N2O3. The number of aliphatic carboxylic acids is 1. The summed E-state index contributed by atoms with van der Waals surface area (Å²) in [6.07, 6.45) is 4.31. The molecule has 19 heavy (non-hydrogen) atoms. The van der Waals surface area contributed by atoms with Gasteiger partial charge in [0.1, 0.15) is 0 Å². The number of amides is 2. The van der Waals surface area contributed by atoms with Crippen LogP contribution >= 0.6 is 0 Å². The summed E-state index contributed by atoms with van der Waals surface area (Å²) in [5.41, 5.74) is -0.391. The molecule has 1 aliphatic carbocycles. The van der Waals surface area contributed by atoms with Crippen molar-refractivity contribution < 1.29 is 14.7 Å². The van der Waals surface area contributed by atoms with Gasteiger partial charge < -0.3 is 15.3 Å². The van der Waals surface area contributed by atoms with E-state index in [0.717, 1.165) is 32.4 Å². The molecule has 108 valence electrons. The van der Waals surface area contributed by atoms with Gasteiger partial charge in [-0.05, 0) is 31.1 Å². The van der Waals surface area contributed by atoms with Crippen molar-refractivity contribution in [1.82, 2.24) is 10.2 Å². The van der Waals surface area contributed by atoms with Crippen molar-refractivity contribution >= 4 is 12.0 Å². The Morgan fingerprint density at radius 3 is 2.16 bits per heavy atom. The van der Waals surface area contributed by atoms with Crippen LogP contribution in [-0.4, -0.2) is 41.6 Å². The van der Waals surface area contributed by atoms with E-state index in [-0.39, 0.29) is 12.6 Å². The van der Waals surface area contributed by atoms with Gasteiger partial charge in [0, 0.05) is 19.6 Å². The first-order valence-corrected chi connectivity index (χ1v) is 7.11. The van der Waals surface area contributed by atoms with E-state index in [4.69, 9.17) is 0 Å². The van der Waals surface area contributed by atoms with E-state index in [1.54, 1.807) is 4.90 Å². The zero-order valence-corrected chi connectivity index (χ0v) is 11.9. The Morgan fingerprint density at radius 2 is 1.74 bits per heavy atom. The Labute approximate surface area is 114 Å². The lowest BCUT2D eigenvalue weighted by Gasteiger charge is -2.40. The first-order valence-electron chi connectivity index (χ1n) is 7.11. The monoisotopic (exact) mass is 268 g/mol. The van der Waals surface area contributed by atoms with Gasteiger partial charge in [-0.2, -0.15) is 0 Å². The first kappa shape index (κ1) is 14.2. The lowest BCUT2D eigenvalue weighted by molar-refractivity contribution is -0.153. The largest absolute Gasteiger partial charge is 0.481 e. The Hall–Kier alpha value is -1.26. The standard InChI is InChI=1S/C14H24N2O3/c1-13(2)6-8-16(9-7-13)12(19)15-10-14(11(17)18)4-3-5-14/h3-10H2,1-2H3,(H,15,19)(H,17,18). The molecule has 0 unspecified atom stereocenters. The molecule has 5 nitrogen and oxygen atoms in total.